The minimum atomic E-state index is -0.648. The Balaban J connectivity index is 2.01. The average Bonchev–Trinajstić information content (AvgIpc) is 2.61. The van der Waals surface area contributed by atoms with E-state index in [9.17, 15) is 9.59 Å². The molecular weight excluding hydrogens is 312 g/mol. The van der Waals surface area contributed by atoms with Crippen LogP contribution in [-0.4, -0.2) is 11.8 Å². The van der Waals surface area contributed by atoms with Crippen molar-refractivity contribution in [1.82, 2.24) is 5.32 Å². The minimum absolute atomic E-state index is 0.232. The van der Waals surface area contributed by atoms with Gasteiger partial charge in [0.15, 0.2) is 0 Å². The molecule has 0 aliphatic rings. The van der Waals surface area contributed by atoms with Crippen LogP contribution < -0.4 is 10.6 Å². The van der Waals surface area contributed by atoms with Gasteiger partial charge in [-0.15, -0.1) is 0 Å². The van der Waals surface area contributed by atoms with Gasteiger partial charge >= 0.3 is 11.8 Å². The zero-order valence-electron chi connectivity index (χ0n) is 15.3. The lowest BCUT2D eigenvalue weighted by atomic mass is 10.0. The van der Waals surface area contributed by atoms with Crippen molar-refractivity contribution in [3.05, 3.63) is 65.2 Å². The number of aryl methyl sites for hydroxylation is 1. The first-order chi connectivity index (χ1) is 11.9. The zero-order chi connectivity index (χ0) is 18.4. The molecule has 0 heterocycles. The molecule has 0 bridgehead atoms. The van der Waals surface area contributed by atoms with Crippen molar-refractivity contribution in [3.8, 4) is 0 Å². The zero-order valence-corrected chi connectivity index (χ0v) is 15.3. The largest absolute Gasteiger partial charge is 0.341 e. The molecule has 1 atom stereocenters. The molecule has 0 aliphatic carbocycles. The van der Waals surface area contributed by atoms with Gasteiger partial charge in [0.05, 0.1) is 6.04 Å². The summed E-state index contributed by atoms with van der Waals surface area (Å²) in [6.07, 6.45) is 0.971. The fourth-order valence-electron chi connectivity index (χ4n) is 2.68. The number of hydrogen-bond donors (Lipinski definition) is 2. The van der Waals surface area contributed by atoms with Crippen LogP contribution in [0, 0.1) is 0 Å². The number of rotatable bonds is 5. The molecule has 4 nitrogen and oxygen atoms in total. The molecule has 0 aliphatic heterocycles. The number of carbonyl (C=O) groups is 2. The van der Waals surface area contributed by atoms with Crippen LogP contribution >= 0.6 is 0 Å². The van der Waals surface area contributed by atoms with E-state index >= 15 is 0 Å². The summed E-state index contributed by atoms with van der Waals surface area (Å²) in [5.74, 6) is -1.02. The molecule has 2 rings (SSSR count). The van der Waals surface area contributed by atoms with Crippen molar-refractivity contribution >= 4 is 17.5 Å². The number of carbonyl (C=O) groups excluding carboxylic acids is 2. The highest BCUT2D eigenvalue weighted by molar-refractivity contribution is 6.39. The summed E-state index contributed by atoms with van der Waals surface area (Å²) in [4.78, 5) is 24.4. The van der Waals surface area contributed by atoms with E-state index in [2.05, 4.69) is 17.6 Å². The van der Waals surface area contributed by atoms with E-state index in [4.69, 9.17) is 0 Å². The Hall–Kier alpha value is -2.62. The fraction of sp³-hybridized carbons (Fsp3) is 0.333. The van der Waals surface area contributed by atoms with E-state index in [0.29, 0.717) is 5.69 Å². The molecule has 1 unspecified atom stereocenters. The molecule has 2 aromatic rings. The van der Waals surface area contributed by atoms with Crippen molar-refractivity contribution in [2.24, 2.45) is 0 Å². The molecule has 0 saturated heterocycles. The van der Waals surface area contributed by atoms with E-state index in [1.165, 1.54) is 5.56 Å². The maximum atomic E-state index is 12.2. The summed E-state index contributed by atoms with van der Waals surface area (Å²) in [5.41, 5.74) is 3.90. The monoisotopic (exact) mass is 338 g/mol. The highest BCUT2D eigenvalue weighted by atomic mass is 16.2. The molecule has 0 radical (unpaired) electrons. The lowest BCUT2D eigenvalue weighted by Crippen LogP contribution is -2.37. The van der Waals surface area contributed by atoms with E-state index in [1.54, 1.807) is 0 Å². The molecule has 0 spiro atoms. The van der Waals surface area contributed by atoms with Gasteiger partial charge in [0, 0.05) is 5.69 Å². The molecule has 2 N–H and O–H groups in total. The van der Waals surface area contributed by atoms with Crippen LogP contribution in [0.5, 0.6) is 0 Å². The van der Waals surface area contributed by atoms with Gasteiger partial charge in [-0.3, -0.25) is 9.59 Å². The van der Waals surface area contributed by atoms with Gasteiger partial charge in [-0.1, -0.05) is 63.2 Å². The van der Waals surface area contributed by atoms with Crippen LogP contribution in [0.4, 0.5) is 5.69 Å². The predicted octanol–water partition coefficient (Wildman–Crippen LogP) is 4.19. The standard InChI is InChI=1S/C21H26N2O2/c1-5-16-10-12-17(13-11-16)15(4)22-20(24)21(25)23-19-9-7-6-8-18(19)14(2)3/h6-15H,5H2,1-4H3,(H,22,24)(H,23,25). The Labute approximate surface area is 149 Å². The van der Waals surface area contributed by atoms with Crippen molar-refractivity contribution in [2.45, 2.75) is 46.1 Å². The summed E-state index contributed by atoms with van der Waals surface area (Å²) in [5, 5.41) is 5.47. The van der Waals surface area contributed by atoms with E-state index in [0.717, 1.165) is 17.5 Å². The summed E-state index contributed by atoms with van der Waals surface area (Å²) >= 11 is 0. The Bertz CT molecular complexity index is 736. The topological polar surface area (TPSA) is 58.2 Å². The summed E-state index contributed by atoms with van der Waals surface area (Å²) in [6, 6.07) is 15.3. The summed E-state index contributed by atoms with van der Waals surface area (Å²) in [6.45, 7) is 8.06. The first-order valence-corrected chi connectivity index (χ1v) is 8.72. The van der Waals surface area contributed by atoms with Gasteiger partial charge in [0.1, 0.15) is 0 Å². The number of nitrogens with one attached hydrogen (secondary N) is 2. The normalized spacial score (nSPS) is 11.9. The molecule has 25 heavy (non-hydrogen) atoms. The Morgan fingerprint density at radius 2 is 1.56 bits per heavy atom. The van der Waals surface area contributed by atoms with Crippen molar-refractivity contribution < 1.29 is 9.59 Å². The lowest BCUT2D eigenvalue weighted by Gasteiger charge is -2.16. The van der Waals surface area contributed by atoms with Crippen molar-refractivity contribution in [1.29, 1.82) is 0 Å². The minimum Gasteiger partial charge on any atom is -0.341 e. The third-order valence-corrected chi connectivity index (χ3v) is 4.27. The van der Waals surface area contributed by atoms with E-state index in [-0.39, 0.29) is 12.0 Å². The second-order valence-corrected chi connectivity index (χ2v) is 6.49. The van der Waals surface area contributed by atoms with Crippen LogP contribution in [0.2, 0.25) is 0 Å². The van der Waals surface area contributed by atoms with Crippen LogP contribution in [0.25, 0.3) is 0 Å². The second kappa shape index (κ2) is 8.47. The Morgan fingerprint density at radius 3 is 2.16 bits per heavy atom. The third-order valence-electron chi connectivity index (χ3n) is 4.27. The van der Waals surface area contributed by atoms with Gasteiger partial charge in [0.25, 0.3) is 0 Å². The van der Waals surface area contributed by atoms with Crippen LogP contribution in [0.1, 0.15) is 56.3 Å². The first-order valence-electron chi connectivity index (χ1n) is 8.72. The molecule has 2 amide bonds. The quantitative estimate of drug-likeness (QED) is 0.803. The van der Waals surface area contributed by atoms with Crippen LogP contribution in [-0.2, 0) is 16.0 Å². The molecule has 4 heteroatoms. The first kappa shape index (κ1) is 18.7. The van der Waals surface area contributed by atoms with Crippen molar-refractivity contribution in [2.75, 3.05) is 5.32 Å². The SMILES string of the molecule is CCc1ccc(C(C)NC(=O)C(=O)Nc2ccccc2C(C)C)cc1. The van der Waals surface area contributed by atoms with Gasteiger partial charge in [-0.2, -0.15) is 0 Å². The van der Waals surface area contributed by atoms with Gasteiger partial charge < -0.3 is 10.6 Å². The summed E-state index contributed by atoms with van der Waals surface area (Å²) in [7, 11) is 0. The maximum Gasteiger partial charge on any atom is 0.313 e. The van der Waals surface area contributed by atoms with Crippen LogP contribution in [0.15, 0.2) is 48.5 Å². The maximum absolute atomic E-state index is 12.2. The number of amides is 2. The number of para-hydroxylation sites is 1. The molecule has 2 aromatic carbocycles. The number of benzene rings is 2. The molecular formula is C21H26N2O2. The van der Waals surface area contributed by atoms with Crippen molar-refractivity contribution in [3.63, 3.8) is 0 Å². The highest BCUT2D eigenvalue weighted by Crippen LogP contribution is 2.23. The Morgan fingerprint density at radius 1 is 0.920 bits per heavy atom. The molecule has 0 saturated carbocycles. The number of anilines is 1. The molecule has 132 valence electrons. The Kier molecular flexibility index (Phi) is 6.34. The van der Waals surface area contributed by atoms with Gasteiger partial charge in [-0.05, 0) is 42.0 Å². The number of hydrogen-bond acceptors (Lipinski definition) is 2. The second-order valence-electron chi connectivity index (χ2n) is 6.49. The molecule has 0 fully saturated rings. The highest BCUT2D eigenvalue weighted by Gasteiger charge is 2.18. The predicted molar refractivity (Wildman–Crippen MR) is 102 cm³/mol. The third kappa shape index (κ3) is 4.92. The van der Waals surface area contributed by atoms with Gasteiger partial charge in [-0.25, -0.2) is 0 Å². The van der Waals surface area contributed by atoms with Crippen LogP contribution in [0.3, 0.4) is 0 Å². The summed E-state index contributed by atoms with van der Waals surface area (Å²) < 4.78 is 0. The average molecular weight is 338 g/mol. The molecule has 0 aromatic heterocycles. The smallest absolute Gasteiger partial charge is 0.313 e. The fourth-order valence-corrected chi connectivity index (χ4v) is 2.68. The lowest BCUT2D eigenvalue weighted by molar-refractivity contribution is -0.136. The van der Waals surface area contributed by atoms with Gasteiger partial charge in [0.2, 0.25) is 0 Å². The van der Waals surface area contributed by atoms with E-state index in [1.807, 2.05) is 69.3 Å². The van der Waals surface area contributed by atoms with E-state index < -0.39 is 11.8 Å².